The molecule has 0 heterocycles. The first-order chi connectivity index (χ1) is 15.3. The van der Waals surface area contributed by atoms with Crippen LogP contribution in [0.2, 0.25) is 0 Å². The van der Waals surface area contributed by atoms with Crippen LogP contribution in [0.5, 0.6) is 11.5 Å². The van der Waals surface area contributed by atoms with Gasteiger partial charge in [-0.05, 0) is 87.4 Å². The molecular formula is C27H30O5S. The first kappa shape index (κ1) is 24.6. The smallest absolute Gasteiger partial charge is 0.295 e. The minimum Gasteiger partial charge on any atom is -0.508 e. The predicted octanol–water partition coefficient (Wildman–Crippen LogP) is 4.56. The van der Waals surface area contributed by atoms with E-state index in [4.69, 9.17) is 0 Å². The second-order valence-electron chi connectivity index (χ2n) is 8.95. The zero-order valence-corrected chi connectivity index (χ0v) is 20.4. The van der Waals surface area contributed by atoms with Crippen LogP contribution in [0.1, 0.15) is 67.3 Å². The molecule has 0 amide bonds. The molecule has 174 valence electrons. The Bertz CT molecular complexity index is 1430. The molecule has 3 rings (SSSR count). The Morgan fingerprint density at radius 3 is 1.97 bits per heavy atom. The Morgan fingerprint density at radius 2 is 1.39 bits per heavy atom. The van der Waals surface area contributed by atoms with Crippen LogP contribution in [-0.2, 0) is 10.1 Å². The van der Waals surface area contributed by atoms with Gasteiger partial charge >= 0.3 is 0 Å². The van der Waals surface area contributed by atoms with Crippen molar-refractivity contribution in [3.8, 4) is 11.5 Å². The van der Waals surface area contributed by atoms with Gasteiger partial charge in [-0.2, -0.15) is 8.42 Å². The van der Waals surface area contributed by atoms with E-state index in [2.05, 4.69) is 6.58 Å². The number of hydrogen-bond donors (Lipinski definition) is 3. The highest BCUT2D eigenvalue weighted by molar-refractivity contribution is 7.86. The van der Waals surface area contributed by atoms with Gasteiger partial charge in [-0.3, -0.25) is 4.55 Å². The van der Waals surface area contributed by atoms with E-state index >= 15 is 0 Å². The van der Waals surface area contributed by atoms with Gasteiger partial charge in [0.2, 0.25) is 0 Å². The standard InChI is InChI=1S/C27H30O5S/c1-15(2)20-13-22(17(5)11-24(20)28)27(19-9-7-8-10-26(19)33(30,31)32)23-14-21(16(3)4)25(29)12-18(23)6/h7-16,28-29H,5H2,1-4,6H3,(H,30,31,32)/b27-22+. The highest BCUT2D eigenvalue weighted by Crippen LogP contribution is 2.35. The van der Waals surface area contributed by atoms with Gasteiger partial charge in [0, 0.05) is 5.56 Å². The highest BCUT2D eigenvalue weighted by Gasteiger charge is 2.22. The van der Waals surface area contributed by atoms with E-state index in [0.717, 1.165) is 5.56 Å². The molecule has 0 spiro atoms. The molecule has 0 aromatic heterocycles. The van der Waals surface area contributed by atoms with Crippen molar-refractivity contribution in [3.63, 3.8) is 0 Å². The van der Waals surface area contributed by atoms with Crippen molar-refractivity contribution >= 4 is 22.3 Å². The van der Waals surface area contributed by atoms with Gasteiger partial charge < -0.3 is 10.2 Å². The molecule has 0 aliphatic rings. The first-order valence-corrected chi connectivity index (χ1v) is 12.2. The van der Waals surface area contributed by atoms with Gasteiger partial charge in [0.1, 0.15) is 16.4 Å². The SMILES string of the molecule is C=c1cc(O)c(C(C)C)c/c1=C(\c1cc(C(C)C)c(O)cc1C)c1ccccc1S(=O)(=O)O. The normalized spacial score (nSPS) is 13.0. The molecule has 0 unspecified atom stereocenters. The van der Waals surface area contributed by atoms with E-state index in [1.807, 2.05) is 46.8 Å². The maximum atomic E-state index is 12.3. The average molecular weight is 467 g/mol. The van der Waals surface area contributed by atoms with Crippen LogP contribution in [0, 0.1) is 6.92 Å². The average Bonchev–Trinajstić information content (AvgIpc) is 2.70. The summed E-state index contributed by atoms with van der Waals surface area (Å²) in [5, 5.41) is 22.1. The second-order valence-corrected chi connectivity index (χ2v) is 10.3. The van der Waals surface area contributed by atoms with Crippen LogP contribution in [0.3, 0.4) is 0 Å². The molecule has 0 atom stereocenters. The zero-order chi connectivity index (χ0) is 24.7. The summed E-state index contributed by atoms with van der Waals surface area (Å²) in [5.74, 6) is 0.311. The summed E-state index contributed by atoms with van der Waals surface area (Å²) in [6.07, 6.45) is 0. The lowest BCUT2D eigenvalue weighted by molar-refractivity contribution is 0.464. The largest absolute Gasteiger partial charge is 0.508 e. The fourth-order valence-corrected chi connectivity index (χ4v) is 4.82. The molecular weight excluding hydrogens is 436 g/mol. The molecule has 0 saturated carbocycles. The first-order valence-electron chi connectivity index (χ1n) is 10.8. The highest BCUT2D eigenvalue weighted by atomic mass is 32.2. The molecule has 0 aliphatic heterocycles. The zero-order valence-electron chi connectivity index (χ0n) is 19.5. The molecule has 3 N–H and O–H groups in total. The fourth-order valence-electron chi connectivity index (χ4n) is 4.12. The van der Waals surface area contributed by atoms with Gasteiger partial charge in [0.15, 0.2) is 0 Å². The lowest BCUT2D eigenvalue weighted by Crippen LogP contribution is -2.28. The van der Waals surface area contributed by atoms with Crippen molar-refractivity contribution in [3.05, 3.63) is 86.8 Å². The molecule has 0 radical (unpaired) electrons. The summed E-state index contributed by atoms with van der Waals surface area (Å²) in [7, 11) is -4.53. The van der Waals surface area contributed by atoms with Crippen LogP contribution < -0.4 is 10.4 Å². The lowest BCUT2D eigenvalue weighted by Gasteiger charge is -2.19. The third-order valence-corrected chi connectivity index (χ3v) is 6.75. The van der Waals surface area contributed by atoms with Gasteiger partial charge in [-0.15, -0.1) is 0 Å². The fraction of sp³-hybridized carbons (Fsp3) is 0.259. The van der Waals surface area contributed by atoms with E-state index in [0.29, 0.717) is 38.3 Å². The predicted molar refractivity (Wildman–Crippen MR) is 132 cm³/mol. The van der Waals surface area contributed by atoms with Crippen LogP contribution in [0.4, 0.5) is 0 Å². The monoisotopic (exact) mass is 466 g/mol. The topological polar surface area (TPSA) is 94.8 Å². The molecule has 0 fully saturated rings. The summed E-state index contributed by atoms with van der Waals surface area (Å²) in [4.78, 5) is -0.225. The molecule has 0 saturated heterocycles. The molecule has 33 heavy (non-hydrogen) atoms. The van der Waals surface area contributed by atoms with Gasteiger partial charge in [0.25, 0.3) is 10.1 Å². The minimum absolute atomic E-state index is 0.00885. The summed E-state index contributed by atoms with van der Waals surface area (Å²) >= 11 is 0. The Kier molecular flexibility index (Phi) is 6.73. The quantitative estimate of drug-likeness (QED) is 0.479. The molecule has 3 aromatic rings. The van der Waals surface area contributed by atoms with E-state index in [-0.39, 0.29) is 28.2 Å². The van der Waals surface area contributed by atoms with E-state index < -0.39 is 10.1 Å². The third-order valence-electron chi connectivity index (χ3n) is 5.84. The van der Waals surface area contributed by atoms with Crippen LogP contribution >= 0.6 is 0 Å². The van der Waals surface area contributed by atoms with Crippen molar-refractivity contribution in [2.24, 2.45) is 0 Å². The number of hydrogen-bond acceptors (Lipinski definition) is 4. The third kappa shape index (κ3) is 4.82. The lowest BCUT2D eigenvalue weighted by atomic mass is 9.87. The summed E-state index contributed by atoms with van der Waals surface area (Å²) in [6.45, 7) is 13.8. The summed E-state index contributed by atoms with van der Waals surface area (Å²) in [5.41, 5.74) is 3.71. The summed E-state index contributed by atoms with van der Waals surface area (Å²) < 4.78 is 34.6. The van der Waals surface area contributed by atoms with Crippen LogP contribution in [0.25, 0.3) is 12.2 Å². The van der Waals surface area contributed by atoms with E-state index in [1.54, 1.807) is 30.3 Å². The number of rotatable bonds is 5. The Labute approximate surface area is 195 Å². The maximum Gasteiger partial charge on any atom is 0.295 e. The number of aromatic hydroxyl groups is 2. The van der Waals surface area contributed by atoms with E-state index in [9.17, 15) is 23.2 Å². The number of phenols is 2. The number of aryl methyl sites for hydroxylation is 1. The minimum atomic E-state index is -4.53. The molecule has 0 bridgehead atoms. The van der Waals surface area contributed by atoms with Gasteiger partial charge in [0.05, 0.1) is 0 Å². The van der Waals surface area contributed by atoms with Crippen molar-refractivity contribution < 1.29 is 23.2 Å². The van der Waals surface area contributed by atoms with Crippen molar-refractivity contribution in [2.75, 3.05) is 0 Å². The Morgan fingerprint density at radius 1 is 0.848 bits per heavy atom. The second kappa shape index (κ2) is 9.04. The van der Waals surface area contributed by atoms with Crippen molar-refractivity contribution in [1.29, 1.82) is 0 Å². The molecule has 3 aromatic carbocycles. The van der Waals surface area contributed by atoms with Crippen molar-refractivity contribution in [1.82, 2.24) is 0 Å². The number of phenolic OH excluding ortho intramolecular Hbond substituents is 2. The van der Waals surface area contributed by atoms with Gasteiger partial charge in [-0.1, -0.05) is 52.5 Å². The van der Waals surface area contributed by atoms with Crippen molar-refractivity contribution in [2.45, 2.75) is 51.3 Å². The molecule has 5 nitrogen and oxygen atoms in total. The van der Waals surface area contributed by atoms with Gasteiger partial charge in [-0.25, -0.2) is 0 Å². The van der Waals surface area contributed by atoms with Crippen LogP contribution in [-0.4, -0.2) is 23.2 Å². The van der Waals surface area contributed by atoms with E-state index in [1.165, 1.54) is 6.07 Å². The summed E-state index contributed by atoms with van der Waals surface area (Å²) in [6, 6.07) is 13.2. The Hall–Kier alpha value is -3.09. The molecule has 6 heteroatoms. The Balaban J connectivity index is 2.64. The number of benzene rings is 3. The molecule has 0 aliphatic carbocycles. The maximum absolute atomic E-state index is 12.3. The van der Waals surface area contributed by atoms with Crippen LogP contribution in [0.15, 0.2) is 53.4 Å².